The van der Waals surface area contributed by atoms with Gasteiger partial charge in [0.25, 0.3) is 0 Å². The summed E-state index contributed by atoms with van der Waals surface area (Å²) in [6.07, 6.45) is 8.32. The Morgan fingerprint density at radius 3 is 2.17 bits per heavy atom. The van der Waals surface area contributed by atoms with Gasteiger partial charge in [0, 0.05) is 13.6 Å². The van der Waals surface area contributed by atoms with E-state index in [0.29, 0.717) is 5.41 Å². The van der Waals surface area contributed by atoms with Crippen molar-refractivity contribution in [3.63, 3.8) is 0 Å². The van der Waals surface area contributed by atoms with Crippen molar-refractivity contribution in [1.82, 2.24) is 4.90 Å². The van der Waals surface area contributed by atoms with Crippen LogP contribution in [0.3, 0.4) is 0 Å². The quantitative estimate of drug-likeness (QED) is 0.768. The number of hydrogen-bond acceptors (Lipinski definition) is 2. The van der Waals surface area contributed by atoms with Crippen LogP contribution in [0.2, 0.25) is 0 Å². The number of nitriles is 1. The van der Waals surface area contributed by atoms with Gasteiger partial charge in [-0.2, -0.15) is 5.26 Å². The molecule has 0 aliphatic heterocycles. The number of nitrogens with zero attached hydrogens (tertiary/aromatic N) is 2. The largest absolute Gasteiger partial charge is 0.344 e. The first kappa shape index (κ1) is 12.0. The minimum atomic E-state index is -0.00625. The van der Waals surface area contributed by atoms with E-state index in [0.717, 1.165) is 24.3 Å². The zero-order valence-corrected chi connectivity index (χ0v) is 11.2. The number of hydrogen-bond donors (Lipinski definition) is 0. The Morgan fingerprint density at radius 2 is 1.72 bits per heavy atom. The maximum Gasteiger partial charge on any atom is 0.236 e. The monoisotopic (exact) mass is 246 g/mol. The van der Waals surface area contributed by atoms with E-state index < -0.39 is 0 Å². The molecule has 3 heteroatoms. The molecule has 0 aromatic heterocycles. The third-order valence-electron chi connectivity index (χ3n) is 5.39. The zero-order chi connectivity index (χ0) is 12.8. The lowest BCUT2D eigenvalue weighted by Crippen LogP contribution is -2.51. The molecule has 4 bridgehead atoms. The van der Waals surface area contributed by atoms with Gasteiger partial charge in [0.15, 0.2) is 0 Å². The molecule has 0 N–H and O–H groups in total. The summed E-state index contributed by atoms with van der Waals surface area (Å²) in [7, 11) is 1.87. The van der Waals surface area contributed by atoms with Crippen LogP contribution in [0.15, 0.2) is 0 Å². The first-order chi connectivity index (χ1) is 8.60. The van der Waals surface area contributed by atoms with Crippen molar-refractivity contribution in [3.05, 3.63) is 0 Å². The van der Waals surface area contributed by atoms with E-state index in [4.69, 9.17) is 5.26 Å². The fraction of sp³-hybridized carbons (Fsp3) is 0.867. The molecule has 4 saturated carbocycles. The van der Waals surface area contributed by atoms with Crippen LogP contribution in [0.25, 0.3) is 0 Å². The van der Waals surface area contributed by atoms with Crippen LogP contribution in [0.5, 0.6) is 0 Å². The van der Waals surface area contributed by atoms with Gasteiger partial charge in [-0.3, -0.25) is 4.79 Å². The molecule has 18 heavy (non-hydrogen) atoms. The first-order valence-corrected chi connectivity index (χ1v) is 7.21. The van der Waals surface area contributed by atoms with Crippen LogP contribution >= 0.6 is 0 Å². The molecule has 4 aliphatic carbocycles. The second kappa shape index (κ2) is 4.26. The molecular formula is C15H22N2O. The fourth-order valence-corrected chi connectivity index (χ4v) is 5.28. The summed E-state index contributed by atoms with van der Waals surface area (Å²) in [5.74, 6) is 2.77. The highest BCUT2D eigenvalue weighted by Gasteiger charge is 2.51. The number of amides is 1. The van der Waals surface area contributed by atoms with E-state index in [2.05, 4.69) is 0 Å². The van der Waals surface area contributed by atoms with Crippen LogP contribution < -0.4 is 0 Å². The van der Waals surface area contributed by atoms with Gasteiger partial charge >= 0.3 is 0 Å². The molecule has 0 radical (unpaired) electrons. The summed E-state index contributed by atoms with van der Waals surface area (Å²) in [4.78, 5) is 13.6. The minimum Gasteiger partial charge on any atom is -0.344 e. The van der Waals surface area contributed by atoms with Gasteiger partial charge < -0.3 is 4.90 Å². The summed E-state index contributed by atoms with van der Waals surface area (Å²) in [5, 5.41) is 8.62. The molecule has 0 saturated heterocycles. The Kier molecular flexibility index (Phi) is 2.84. The molecule has 0 heterocycles. The van der Waals surface area contributed by atoms with Gasteiger partial charge in [-0.05, 0) is 61.7 Å². The van der Waals surface area contributed by atoms with Crippen molar-refractivity contribution in [3.8, 4) is 6.07 Å². The third-order valence-corrected chi connectivity index (χ3v) is 5.39. The average Bonchev–Trinajstić information content (AvgIpc) is 2.26. The molecule has 0 aromatic rings. The van der Waals surface area contributed by atoms with Gasteiger partial charge in [0.05, 0.1) is 6.07 Å². The van der Waals surface area contributed by atoms with E-state index >= 15 is 0 Å². The Morgan fingerprint density at radius 1 is 1.22 bits per heavy atom. The molecular weight excluding hydrogens is 224 g/mol. The summed E-state index contributed by atoms with van der Waals surface area (Å²) >= 11 is 0. The normalized spacial score (nSPS) is 40.6. The predicted octanol–water partition coefficient (Wildman–Crippen LogP) is 2.57. The number of carbonyl (C=O) groups is 1. The van der Waals surface area contributed by atoms with Crippen molar-refractivity contribution < 1.29 is 4.79 Å². The second-order valence-electron chi connectivity index (χ2n) is 7.00. The van der Waals surface area contributed by atoms with Crippen LogP contribution in [-0.4, -0.2) is 24.4 Å². The summed E-state index contributed by atoms with van der Waals surface area (Å²) < 4.78 is 0. The van der Waals surface area contributed by atoms with Gasteiger partial charge in [-0.25, -0.2) is 0 Å². The Balaban J connectivity index is 1.69. The van der Waals surface area contributed by atoms with Crippen molar-refractivity contribution in [1.29, 1.82) is 5.26 Å². The van der Waals surface area contributed by atoms with Gasteiger partial charge in [-0.1, -0.05) is 0 Å². The minimum absolute atomic E-state index is 0.00625. The molecule has 3 nitrogen and oxygen atoms in total. The van der Waals surface area contributed by atoms with E-state index in [1.54, 1.807) is 0 Å². The highest BCUT2D eigenvalue weighted by Crippen LogP contribution is 2.60. The van der Waals surface area contributed by atoms with Crippen LogP contribution in [0.1, 0.15) is 44.9 Å². The van der Waals surface area contributed by atoms with E-state index in [9.17, 15) is 4.79 Å². The van der Waals surface area contributed by atoms with Crippen LogP contribution in [-0.2, 0) is 4.79 Å². The van der Waals surface area contributed by atoms with Crippen molar-refractivity contribution >= 4 is 5.91 Å². The summed E-state index contributed by atoms with van der Waals surface area (Å²) in [5.41, 5.74) is 0.397. The molecule has 0 spiro atoms. The lowest BCUT2D eigenvalue weighted by atomic mass is 9.49. The average molecular weight is 246 g/mol. The Hall–Kier alpha value is -1.04. The molecule has 98 valence electrons. The Labute approximate surface area is 109 Å². The van der Waals surface area contributed by atoms with Crippen LogP contribution in [0.4, 0.5) is 0 Å². The third kappa shape index (κ3) is 2.02. The zero-order valence-electron chi connectivity index (χ0n) is 11.2. The molecule has 4 fully saturated rings. The summed E-state index contributed by atoms with van der Waals surface area (Å²) in [6.45, 7) is 0.886. The Bertz CT molecular complexity index is 361. The highest BCUT2D eigenvalue weighted by atomic mass is 16.2. The molecule has 4 rings (SSSR count). The smallest absolute Gasteiger partial charge is 0.236 e. The molecule has 4 aliphatic rings. The lowest BCUT2D eigenvalue weighted by molar-refractivity contribution is -0.134. The van der Waals surface area contributed by atoms with Crippen molar-refractivity contribution in [2.75, 3.05) is 13.6 Å². The van der Waals surface area contributed by atoms with Crippen LogP contribution in [0, 0.1) is 34.5 Å². The summed E-state index contributed by atoms with van der Waals surface area (Å²) in [6, 6.07) is 1.97. The number of carbonyl (C=O) groups excluding carboxylic acids is 1. The van der Waals surface area contributed by atoms with Gasteiger partial charge in [0.2, 0.25) is 5.91 Å². The van der Waals surface area contributed by atoms with Crippen molar-refractivity contribution in [2.24, 2.45) is 23.2 Å². The van der Waals surface area contributed by atoms with Gasteiger partial charge in [-0.15, -0.1) is 0 Å². The van der Waals surface area contributed by atoms with E-state index in [1.165, 1.54) is 38.5 Å². The lowest BCUT2D eigenvalue weighted by Gasteiger charge is -2.57. The number of rotatable bonds is 3. The molecule has 0 atom stereocenters. The van der Waals surface area contributed by atoms with E-state index in [1.807, 2.05) is 18.0 Å². The standard InChI is InChI=1S/C15H22N2O/c1-17(14(18)2-3-16)10-15-7-11-4-12(8-15)6-13(5-11)9-15/h11-13H,2,4-10H2,1H3. The van der Waals surface area contributed by atoms with Crippen molar-refractivity contribution in [2.45, 2.75) is 44.9 Å². The first-order valence-electron chi connectivity index (χ1n) is 7.21. The SMILES string of the molecule is CN(CC12CC3CC(CC(C3)C1)C2)C(=O)CC#N. The van der Waals surface area contributed by atoms with Gasteiger partial charge in [0.1, 0.15) is 6.42 Å². The molecule has 0 unspecified atom stereocenters. The second-order valence-corrected chi connectivity index (χ2v) is 7.00. The topological polar surface area (TPSA) is 44.1 Å². The maximum atomic E-state index is 11.8. The maximum absolute atomic E-state index is 11.8. The molecule has 0 aromatic carbocycles. The predicted molar refractivity (Wildman–Crippen MR) is 68.5 cm³/mol. The highest BCUT2D eigenvalue weighted by molar-refractivity contribution is 5.77. The fourth-order valence-electron chi connectivity index (χ4n) is 5.28. The van der Waals surface area contributed by atoms with E-state index in [-0.39, 0.29) is 12.3 Å². The molecule has 1 amide bonds.